The molecular formula is C17H16N6OS. The lowest BCUT2D eigenvalue weighted by Gasteiger charge is -2.04. The van der Waals surface area contributed by atoms with Crippen LogP contribution in [0, 0.1) is 0 Å². The highest BCUT2D eigenvalue weighted by Crippen LogP contribution is 2.12. The Bertz CT molecular complexity index is 1000. The molecule has 0 saturated heterocycles. The Balaban J connectivity index is 1.37. The van der Waals surface area contributed by atoms with E-state index >= 15 is 0 Å². The smallest absolute Gasteiger partial charge is 0.274 e. The lowest BCUT2D eigenvalue weighted by Crippen LogP contribution is -2.20. The van der Waals surface area contributed by atoms with E-state index in [1.54, 1.807) is 11.3 Å². The molecule has 0 radical (unpaired) electrons. The van der Waals surface area contributed by atoms with Crippen molar-refractivity contribution in [2.24, 2.45) is 0 Å². The number of H-pyrrole nitrogens is 2. The third-order valence-corrected chi connectivity index (χ3v) is 4.66. The van der Waals surface area contributed by atoms with Crippen molar-refractivity contribution in [2.75, 3.05) is 11.9 Å². The van der Waals surface area contributed by atoms with Crippen LogP contribution in [-0.2, 0) is 12.8 Å². The lowest BCUT2D eigenvalue weighted by molar-refractivity contribution is 0.849. The van der Waals surface area contributed by atoms with Crippen molar-refractivity contribution in [3.8, 4) is 0 Å². The maximum Gasteiger partial charge on any atom is 0.274 e. The fourth-order valence-electron chi connectivity index (χ4n) is 2.56. The molecule has 0 atom stereocenters. The van der Waals surface area contributed by atoms with Gasteiger partial charge in [0.15, 0.2) is 0 Å². The number of benzene rings is 1. The van der Waals surface area contributed by atoms with Crippen LogP contribution < -0.4 is 10.9 Å². The van der Waals surface area contributed by atoms with Crippen molar-refractivity contribution in [3.05, 3.63) is 68.5 Å². The summed E-state index contributed by atoms with van der Waals surface area (Å²) in [6.45, 7) is 0.592. The Morgan fingerprint density at radius 1 is 1.08 bits per heavy atom. The maximum absolute atomic E-state index is 12.1. The highest BCUT2D eigenvalue weighted by Gasteiger charge is 2.07. The number of rotatable bonds is 6. The quantitative estimate of drug-likeness (QED) is 0.495. The Morgan fingerprint density at radius 2 is 2.00 bits per heavy atom. The largest absolute Gasteiger partial charge is 0.354 e. The zero-order valence-electron chi connectivity index (χ0n) is 13.3. The van der Waals surface area contributed by atoms with Gasteiger partial charge < -0.3 is 10.3 Å². The first-order chi connectivity index (χ1) is 12.3. The number of aromatic nitrogens is 5. The first-order valence-electron chi connectivity index (χ1n) is 7.94. The molecule has 0 aliphatic carbocycles. The van der Waals surface area contributed by atoms with Crippen molar-refractivity contribution >= 4 is 28.3 Å². The van der Waals surface area contributed by atoms with E-state index in [2.05, 4.69) is 30.5 Å². The SMILES string of the molecule is O=c1[nH]c(NCCc2nc3ccccc3[nH]2)nnc1Cc1cccs1. The topological polar surface area (TPSA) is 99.3 Å². The summed E-state index contributed by atoms with van der Waals surface area (Å²) in [5.74, 6) is 1.26. The number of anilines is 1. The molecule has 3 N–H and O–H groups in total. The zero-order valence-corrected chi connectivity index (χ0v) is 14.1. The van der Waals surface area contributed by atoms with Gasteiger partial charge >= 0.3 is 0 Å². The average Bonchev–Trinajstić information content (AvgIpc) is 3.26. The number of fused-ring (bicyclic) bond motifs is 1. The van der Waals surface area contributed by atoms with Gasteiger partial charge in [0.1, 0.15) is 11.5 Å². The second kappa shape index (κ2) is 6.86. The van der Waals surface area contributed by atoms with Crippen LogP contribution in [0.3, 0.4) is 0 Å². The number of hydrogen-bond donors (Lipinski definition) is 3. The van der Waals surface area contributed by atoms with Crippen LogP contribution in [0.5, 0.6) is 0 Å². The summed E-state index contributed by atoms with van der Waals surface area (Å²) < 4.78 is 0. The fraction of sp³-hybridized carbons (Fsp3) is 0.176. The molecule has 3 aromatic heterocycles. The van der Waals surface area contributed by atoms with Crippen LogP contribution in [0.4, 0.5) is 5.95 Å². The van der Waals surface area contributed by atoms with Crippen LogP contribution in [0.2, 0.25) is 0 Å². The van der Waals surface area contributed by atoms with Crippen LogP contribution in [-0.4, -0.2) is 31.7 Å². The number of thiophene rings is 1. The van der Waals surface area contributed by atoms with Crippen LogP contribution in [0.15, 0.2) is 46.6 Å². The molecule has 0 aliphatic rings. The van der Waals surface area contributed by atoms with Gasteiger partial charge in [0.05, 0.1) is 11.0 Å². The number of nitrogens with zero attached hydrogens (tertiary/aromatic N) is 3. The minimum atomic E-state index is -0.213. The van der Waals surface area contributed by atoms with Gasteiger partial charge in [-0.15, -0.1) is 21.5 Å². The molecule has 4 aromatic rings. The summed E-state index contributed by atoms with van der Waals surface area (Å²) in [6, 6.07) is 11.8. The van der Waals surface area contributed by atoms with E-state index in [4.69, 9.17) is 0 Å². The summed E-state index contributed by atoms with van der Waals surface area (Å²) in [5, 5.41) is 13.1. The Morgan fingerprint density at radius 3 is 2.80 bits per heavy atom. The predicted molar refractivity (Wildman–Crippen MR) is 98.1 cm³/mol. The molecule has 0 unspecified atom stereocenters. The van der Waals surface area contributed by atoms with Gasteiger partial charge in [-0.3, -0.25) is 9.78 Å². The highest BCUT2D eigenvalue weighted by molar-refractivity contribution is 7.09. The minimum absolute atomic E-state index is 0.213. The Kier molecular flexibility index (Phi) is 4.26. The number of aromatic amines is 2. The number of imidazole rings is 1. The van der Waals surface area contributed by atoms with Gasteiger partial charge in [-0.1, -0.05) is 18.2 Å². The molecule has 0 amide bonds. The fourth-order valence-corrected chi connectivity index (χ4v) is 3.27. The van der Waals surface area contributed by atoms with E-state index in [-0.39, 0.29) is 5.56 Å². The van der Waals surface area contributed by atoms with Crippen LogP contribution in [0.1, 0.15) is 16.4 Å². The van der Waals surface area contributed by atoms with Crippen LogP contribution >= 0.6 is 11.3 Å². The lowest BCUT2D eigenvalue weighted by atomic mass is 10.3. The Labute approximate surface area is 147 Å². The van der Waals surface area contributed by atoms with Gasteiger partial charge in [-0.25, -0.2) is 4.98 Å². The first kappa shape index (κ1) is 15.5. The maximum atomic E-state index is 12.1. The normalized spacial score (nSPS) is 11.0. The second-order valence-corrected chi connectivity index (χ2v) is 6.62. The molecule has 25 heavy (non-hydrogen) atoms. The van der Waals surface area contributed by atoms with E-state index < -0.39 is 0 Å². The standard InChI is InChI=1S/C17H16N6OS/c24-16-14(10-11-4-3-9-25-11)22-23-17(21-16)18-8-7-15-19-12-5-1-2-6-13(12)20-15/h1-6,9H,7-8,10H2,(H,19,20)(H2,18,21,23,24). The summed E-state index contributed by atoms with van der Waals surface area (Å²) in [7, 11) is 0. The molecule has 3 heterocycles. The molecule has 126 valence electrons. The minimum Gasteiger partial charge on any atom is -0.354 e. The van der Waals surface area contributed by atoms with Gasteiger partial charge in [-0.05, 0) is 23.6 Å². The third-order valence-electron chi connectivity index (χ3n) is 3.78. The third kappa shape index (κ3) is 3.58. The number of para-hydroxylation sites is 2. The number of nitrogens with one attached hydrogen (secondary N) is 3. The van der Waals surface area contributed by atoms with E-state index in [1.165, 1.54) is 0 Å². The Hall–Kier alpha value is -3.00. The molecule has 7 nitrogen and oxygen atoms in total. The van der Waals surface area contributed by atoms with Crippen molar-refractivity contribution in [1.82, 2.24) is 25.1 Å². The van der Waals surface area contributed by atoms with Crippen molar-refractivity contribution in [2.45, 2.75) is 12.8 Å². The second-order valence-electron chi connectivity index (χ2n) is 5.58. The molecule has 0 fully saturated rings. The van der Waals surface area contributed by atoms with Crippen LogP contribution in [0.25, 0.3) is 11.0 Å². The summed E-state index contributed by atoms with van der Waals surface area (Å²) in [4.78, 5) is 23.7. The average molecular weight is 352 g/mol. The van der Waals surface area contributed by atoms with Crippen molar-refractivity contribution < 1.29 is 0 Å². The zero-order chi connectivity index (χ0) is 17.1. The summed E-state index contributed by atoms with van der Waals surface area (Å²) in [5.41, 5.74) is 2.17. The van der Waals surface area contributed by atoms with Crippen molar-refractivity contribution in [3.63, 3.8) is 0 Å². The van der Waals surface area contributed by atoms with E-state index in [9.17, 15) is 4.79 Å². The summed E-state index contributed by atoms with van der Waals surface area (Å²) >= 11 is 1.60. The van der Waals surface area contributed by atoms with E-state index in [0.717, 1.165) is 21.7 Å². The van der Waals surface area contributed by atoms with Gasteiger partial charge in [0.2, 0.25) is 5.95 Å². The van der Waals surface area contributed by atoms with Gasteiger partial charge in [0, 0.05) is 24.3 Å². The molecule has 0 bridgehead atoms. The van der Waals surface area contributed by atoms with Gasteiger partial charge in [0.25, 0.3) is 5.56 Å². The molecule has 0 saturated carbocycles. The molecule has 1 aromatic carbocycles. The van der Waals surface area contributed by atoms with Crippen molar-refractivity contribution in [1.29, 1.82) is 0 Å². The number of hydrogen-bond acceptors (Lipinski definition) is 6. The summed E-state index contributed by atoms with van der Waals surface area (Å²) in [6.07, 6.45) is 1.19. The predicted octanol–water partition coefficient (Wildman–Crippen LogP) is 2.35. The highest BCUT2D eigenvalue weighted by atomic mass is 32.1. The van der Waals surface area contributed by atoms with Gasteiger partial charge in [-0.2, -0.15) is 0 Å². The molecular weight excluding hydrogens is 336 g/mol. The van der Waals surface area contributed by atoms with E-state index in [0.29, 0.717) is 31.0 Å². The first-order valence-corrected chi connectivity index (χ1v) is 8.81. The molecule has 8 heteroatoms. The molecule has 0 aliphatic heterocycles. The van der Waals surface area contributed by atoms with E-state index in [1.807, 2.05) is 41.8 Å². The molecule has 0 spiro atoms. The monoisotopic (exact) mass is 352 g/mol. The molecule has 4 rings (SSSR count).